The molecule has 1 saturated heterocycles. The van der Waals surface area contributed by atoms with E-state index in [1.165, 1.54) is 18.9 Å². The minimum atomic E-state index is -0.593. The molecule has 0 bridgehead atoms. The molecule has 0 spiro atoms. The van der Waals surface area contributed by atoms with Gasteiger partial charge in [-0.3, -0.25) is 4.90 Å². The van der Waals surface area contributed by atoms with Crippen molar-refractivity contribution >= 4 is 0 Å². The monoisotopic (exact) mass is 264 g/mol. The second-order valence-corrected chi connectivity index (χ2v) is 5.69. The van der Waals surface area contributed by atoms with Gasteiger partial charge in [0.15, 0.2) is 0 Å². The molecular formula is C16H25FN2. The second-order valence-electron chi connectivity index (χ2n) is 5.69. The van der Waals surface area contributed by atoms with Crippen molar-refractivity contribution in [3.8, 4) is 0 Å². The highest BCUT2D eigenvalue weighted by Crippen LogP contribution is 2.33. The third-order valence-electron chi connectivity index (χ3n) is 4.47. The summed E-state index contributed by atoms with van der Waals surface area (Å²) < 4.78 is 14.2. The van der Waals surface area contributed by atoms with E-state index in [2.05, 4.69) is 18.7 Å². The van der Waals surface area contributed by atoms with Crippen LogP contribution in [0, 0.1) is 5.82 Å². The van der Waals surface area contributed by atoms with E-state index in [0.29, 0.717) is 5.56 Å². The van der Waals surface area contributed by atoms with Crippen molar-refractivity contribution in [2.24, 2.45) is 5.73 Å². The van der Waals surface area contributed by atoms with Gasteiger partial charge in [-0.2, -0.15) is 0 Å². The maximum atomic E-state index is 14.2. The summed E-state index contributed by atoms with van der Waals surface area (Å²) >= 11 is 0. The van der Waals surface area contributed by atoms with Gasteiger partial charge in [-0.15, -0.1) is 0 Å². The zero-order valence-corrected chi connectivity index (χ0v) is 12.0. The predicted molar refractivity (Wildman–Crippen MR) is 77.4 cm³/mol. The summed E-state index contributed by atoms with van der Waals surface area (Å²) in [5.74, 6) is -0.176. The third-order valence-corrected chi connectivity index (χ3v) is 4.47. The Morgan fingerprint density at radius 3 is 2.53 bits per heavy atom. The second kappa shape index (κ2) is 6.02. The average molecular weight is 264 g/mol. The number of rotatable bonds is 5. The first-order valence-electron chi connectivity index (χ1n) is 7.37. The van der Waals surface area contributed by atoms with Crippen LogP contribution in [-0.2, 0) is 5.54 Å². The molecule has 0 saturated carbocycles. The summed E-state index contributed by atoms with van der Waals surface area (Å²) in [5.41, 5.74) is 6.74. The van der Waals surface area contributed by atoms with E-state index in [4.69, 9.17) is 5.73 Å². The molecule has 0 aliphatic carbocycles. The minimum Gasteiger partial charge on any atom is -0.320 e. The van der Waals surface area contributed by atoms with E-state index in [9.17, 15) is 4.39 Å². The topological polar surface area (TPSA) is 29.3 Å². The molecule has 1 aliphatic heterocycles. The smallest absolute Gasteiger partial charge is 0.128 e. The van der Waals surface area contributed by atoms with Gasteiger partial charge in [-0.05, 0) is 45.3 Å². The molecular weight excluding hydrogens is 239 g/mol. The van der Waals surface area contributed by atoms with Gasteiger partial charge < -0.3 is 5.73 Å². The lowest BCUT2D eigenvalue weighted by Gasteiger charge is -2.41. The molecule has 0 radical (unpaired) electrons. The molecule has 2 unspecified atom stereocenters. The van der Waals surface area contributed by atoms with Crippen LogP contribution in [0.2, 0.25) is 0 Å². The normalized spacial score (nSPS) is 21.3. The Morgan fingerprint density at radius 1 is 1.32 bits per heavy atom. The molecule has 1 aliphatic rings. The van der Waals surface area contributed by atoms with Crippen molar-refractivity contribution in [2.75, 3.05) is 13.1 Å². The highest BCUT2D eigenvalue weighted by atomic mass is 19.1. The fraction of sp³-hybridized carbons (Fsp3) is 0.625. The minimum absolute atomic E-state index is 0.173. The maximum Gasteiger partial charge on any atom is 0.128 e. The Balaban J connectivity index is 2.33. The number of benzene rings is 1. The molecule has 0 amide bonds. The molecule has 19 heavy (non-hydrogen) atoms. The van der Waals surface area contributed by atoms with Crippen LogP contribution >= 0.6 is 0 Å². The number of nitrogens with two attached hydrogens (primary N) is 1. The number of hydrogen-bond donors (Lipinski definition) is 1. The van der Waals surface area contributed by atoms with Crippen molar-refractivity contribution in [3.63, 3.8) is 0 Å². The fourth-order valence-electron chi connectivity index (χ4n) is 3.28. The molecule has 2 nitrogen and oxygen atoms in total. The standard InChI is InChI=1S/C16H25FN2/c1-3-10-16(18,13(2)19-11-6-7-12-19)14-8-4-5-9-15(14)17/h4-5,8-9,13H,3,6-7,10-12,18H2,1-2H3. The first kappa shape index (κ1) is 14.5. The van der Waals surface area contributed by atoms with Gasteiger partial charge in [0.25, 0.3) is 0 Å². The summed E-state index contributed by atoms with van der Waals surface area (Å²) in [6, 6.07) is 7.14. The number of hydrogen-bond acceptors (Lipinski definition) is 2. The van der Waals surface area contributed by atoms with Gasteiger partial charge in [0.2, 0.25) is 0 Å². The van der Waals surface area contributed by atoms with Crippen LogP contribution in [0.1, 0.15) is 45.1 Å². The van der Waals surface area contributed by atoms with E-state index >= 15 is 0 Å². The molecule has 2 N–H and O–H groups in total. The Hall–Kier alpha value is -0.930. The average Bonchev–Trinajstić information content (AvgIpc) is 2.92. The predicted octanol–water partition coefficient (Wildman–Crippen LogP) is 3.26. The van der Waals surface area contributed by atoms with Gasteiger partial charge in [-0.1, -0.05) is 31.5 Å². The van der Waals surface area contributed by atoms with Gasteiger partial charge in [0.1, 0.15) is 5.82 Å². The third kappa shape index (κ3) is 2.82. The number of likely N-dealkylation sites (tertiary alicyclic amines) is 1. The zero-order valence-electron chi connectivity index (χ0n) is 12.0. The van der Waals surface area contributed by atoms with E-state index < -0.39 is 5.54 Å². The molecule has 2 atom stereocenters. The van der Waals surface area contributed by atoms with Gasteiger partial charge in [0, 0.05) is 11.6 Å². The van der Waals surface area contributed by atoms with Gasteiger partial charge in [0.05, 0.1) is 5.54 Å². The van der Waals surface area contributed by atoms with E-state index in [0.717, 1.165) is 25.9 Å². The molecule has 3 heteroatoms. The van der Waals surface area contributed by atoms with Crippen molar-refractivity contribution in [1.82, 2.24) is 4.90 Å². The van der Waals surface area contributed by atoms with E-state index in [-0.39, 0.29) is 11.9 Å². The lowest BCUT2D eigenvalue weighted by atomic mass is 9.79. The largest absolute Gasteiger partial charge is 0.320 e. The van der Waals surface area contributed by atoms with E-state index in [1.807, 2.05) is 12.1 Å². The molecule has 1 heterocycles. The molecule has 1 aromatic rings. The van der Waals surface area contributed by atoms with Gasteiger partial charge in [-0.25, -0.2) is 4.39 Å². The lowest BCUT2D eigenvalue weighted by Crippen LogP contribution is -2.54. The summed E-state index contributed by atoms with van der Waals surface area (Å²) in [6.45, 7) is 6.42. The van der Waals surface area contributed by atoms with Crippen molar-refractivity contribution in [1.29, 1.82) is 0 Å². The quantitative estimate of drug-likeness (QED) is 0.884. The maximum absolute atomic E-state index is 14.2. The molecule has 1 fully saturated rings. The van der Waals surface area contributed by atoms with Crippen LogP contribution < -0.4 is 5.73 Å². The Bertz CT molecular complexity index is 415. The highest BCUT2D eigenvalue weighted by Gasteiger charge is 2.38. The summed E-state index contributed by atoms with van der Waals surface area (Å²) in [4.78, 5) is 2.40. The Morgan fingerprint density at radius 2 is 1.95 bits per heavy atom. The summed E-state index contributed by atoms with van der Waals surface area (Å²) in [7, 11) is 0. The zero-order chi connectivity index (χ0) is 13.9. The molecule has 106 valence electrons. The van der Waals surface area contributed by atoms with Crippen LogP contribution in [0.25, 0.3) is 0 Å². The van der Waals surface area contributed by atoms with Crippen molar-refractivity contribution in [3.05, 3.63) is 35.6 Å². The lowest BCUT2D eigenvalue weighted by molar-refractivity contribution is 0.148. The Kier molecular flexibility index (Phi) is 4.58. The van der Waals surface area contributed by atoms with Crippen LogP contribution in [0.5, 0.6) is 0 Å². The number of nitrogens with zero attached hydrogens (tertiary/aromatic N) is 1. The molecule has 1 aromatic carbocycles. The first-order chi connectivity index (χ1) is 9.09. The SMILES string of the molecule is CCCC(N)(c1ccccc1F)C(C)N1CCCC1. The summed E-state index contributed by atoms with van der Waals surface area (Å²) in [6.07, 6.45) is 4.22. The molecule has 2 rings (SSSR count). The van der Waals surface area contributed by atoms with Crippen molar-refractivity contribution in [2.45, 2.75) is 51.1 Å². The fourth-order valence-corrected chi connectivity index (χ4v) is 3.28. The first-order valence-corrected chi connectivity index (χ1v) is 7.37. The van der Waals surface area contributed by atoms with Crippen molar-refractivity contribution < 1.29 is 4.39 Å². The highest BCUT2D eigenvalue weighted by molar-refractivity contribution is 5.28. The number of halogens is 1. The van der Waals surface area contributed by atoms with Gasteiger partial charge >= 0.3 is 0 Å². The van der Waals surface area contributed by atoms with Crippen LogP contribution in [0.15, 0.2) is 24.3 Å². The van der Waals surface area contributed by atoms with Crippen LogP contribution in [0.4, 0.5) is 4.39 Å². The Labute approximate surface area is 115 Å². The van der Waals surface area contributed by atoms with E-state index in [1.54, 1.807) is 6.07 Å². The summed E-state index contributed by atoms with van der Waals surface area (Å²) in [5, 5.41) is 0. The molecule has 0 aromatic heterocycles. The van der Waals surface area contributed by atoms with Crippen LogP contribution in [0.3, 0.4) is 0 Å². The van der Waals surface area contributed by atoms with Crippen LogP contribution in [-0.4, -0.2) is 24.0 Å².